The molecular formula is C34H44FN5O8. The molecule has 0 aromatic heterocycles. The number of amides is 5. The number of benzene rings is 2. The molecular weight excluding hydrogens is 625 g/mol. The lowest BCUT2D eigenvalue weighted by Gasteiger charge is -2.39. The summed E-state index contributed by atoms with van der Waals surface area (Å²) in [6, 6.07) is 14.1. The number of fused-ring (bicyclic) bond motifs is 15. The standard InChI is InChI=1S/C34H44FN5O8/c35-28-8-6-25(7-9-28)34(45)38-13-16-40-22-32(43)39-15-11-26(20-30(41)37-14-17-46-18-19-47-24-33(40)44)27(21-39)10-12-36-31(42)23-48-29-4-2-1-3-5-29/h1-9,26-27H,10-24H2,(H,36,42)(H,37,41)(H,38,45)/t26-,27+/m1/s1. The molecule has 0 radical (unpaired) electrons. The zero-order chi connectivity index (χ0) is 34.1. The summed E-state index contributed by atoms with van der Waals surface area (Å²) in [4.78, 5) is 67.4. The maximum Gasteiger partial charge on any atom is 0.257 e. The van der Waals surface area contributed by atoms with Gasteiger partial charge in [0.15, 0.2) is 6.61 Å². The smallest absolute Gasteiger partial charge is 0.257 e. The van der Waals surface area contributed by atoms with Gasteiger partial charge in [-0.2, -0.15) is 0 Å². The molecule has 3 saturated heterocycles. The zero-order valence-corrected chi connectivity index (χ0v) is 27.0. The lowest BCUT2D eigenvalue weighted by Crippen LogP contribution is -2.51. The summed E-state index contributed by atoms with van der Waals surface area (Å²) >= 11 is 0. The Kier molecular flexibility index (Phi) is 14.6. The molecule has 48 heavy (non-hydrogen) atoms. The van der Waals surface area contributed by atoms with Crippen molar-refractivity contribution in [3.05, 3.63) is 66.0 Å². The summed E-state index contributed by atoms with van der Waals surface area (Å²) in [5.41, 5.74) is 0.268. The van der Waals surface area contributed by atoms with Crippen molar-refractivity contribution in [2.75, 3.05) is 78.8 Å². The first kappa shape index (κ1) is 36.3. The van der Waals surface area contributed by atoms with Gasteiger partial charge >= 0.3 is 0 Å². The van der Waals surface area contributed by atoms with Gasteiger partial charge in [0.25, 0.3) is 11.8 Å². The lowest BCUT2D eigenvalue weighted by molar-refractivity contribution is -0.145. The average molecular weight is 670 g/mol. The van der Waals surface area contributed by atoms with E-state index in [9.17, 15) is 28.4 Å². The summed E-state index contributed by atoms with van der Waals surface area (Å²) in [5, 5.41) is 8.46. The van der Waals surface area contributed by atoms with Crippen molar-refractivity contribution in [2.45, 2.75) is 19.3 Å². The van der Waals surface area contributed by atoms with Gasteiger partial charge in [-0.05, 0) is 61.1 Å². The third-order valence-corrected chi connectivity index (χ3v) is 8.26. The quantitative estimate of drug-likeness (QED) is 0.317. The van der Waals surface area contributed by atoms with Crippen LogP contribution in [0.15, 0.2) is 54.6 Å². The molecule has 0 spiro atoms. The Morgan fingerprint density at radius 3 is 2.50 bits per heavy atom. The van der Waals surface area contributed by atoms with Crippen molar-refractivity contribution in [1.82, 2.24) is 25.8 Å². The molecule has 260 valence electrons. The average Bonchev–Trinajstić information content (AvgIpc) is 3.08. The molecule has 5 amide bonds. The van der Waals surface area contributed by atoms with Crippen LogP contribution >= 0.6 is 0 Å². The third kappa shape index (κ3) is 12.2. The number of nitrogens with one attached hydrogen (secondary N) is 3. The van der Waals surface area contributed by atoms with Gasteiger partial charge in [-0.25, -0.2) is 4.39 Å². The molecule has 3 N–H and O–H groups in total. The van der Waals surface area contributed by atoms with E-state index < -0.39 is 17.6 Å². The first-order valence-corrected chi connectivity index (χ1v) is 16.2. The molecule has 3 aliphatic heterocycles. The number of ether oxygens (including phenoxy) is 3. The Bertz CT molecular complexity index is 1360. The highest BCUT2D eigenvalue weighted by atomic mass is 19.1. The predicted molar refractivity (Wildman–Crippen MR) is 172 cm³/mol. The van der Waals surface area contributed by atoms with Crippen LogP contribution in [0.5, 0.6) is 5.75 Å². The van der Waals surface area contributed by atoms with Crippen LogP contribution in [0.1, 0.15) is 29.6 Å². The molecule has 3 heterocycles. The highest BCUT2D eigenvalue weighted by molar-refractivity contribution is 5.94. The second kappa shape index (κ2) is 19.3. The van der Waals surface area contributed by atoms with Crippen molar-refractivity contribution in [3.63, 3.8) is 0 Å². The third-order valence-electron chi connectivity index (χ3n) is 8.26. The highest BCUT2D eigenvalue weighted by Crippen LogP contribution is 2.29. The van der Waals surface area contributed by atoms with Crippen molar-refractivity contribution >= 4 is 29.5 Å². The Morgan fingerprint density at radius 2 is 1.71 bits per heavy atom. The predicted octanol–water partition coefficient (Wildman–Crippen LogP) is 0.987. The summed E-state index contributed by atoms with van der Waals surface area (Å²) < 4.78 is 29.8. The fourth-order valence-electron chi connectivity index (χ4n) is 5.62. The minimum Gasteiger partial charge on any atom is -0.484 e. The molecule has 13 nitrogen and oxygen atoms in total. The first-order chi connectivity index (χ1) is 23.3. The lowest BCUT2D eigenvalue weighted by atomic mass is 9.80. The summed E-state index contributed by atoms with van der Waals surface area (Å²) in [6.07, 6.45) is 1.39. The van der Waals surface area contributed by atoms with Crippen LogP contribution in [0.3, 0.4) is 0 Å². The maximum absolute atomic E-state index is 13.6. The van der Waals surface area contributed by atoms with E-state index in [4.69, 9.17) is 14.2 Å². The van der Waals surface area contributed by atoms with Crippen LogP contribution in [-0.4, -0.2) is 118 Å². The van der Waals surface area contributed by atoms with Crippen molar-refractivity contribution in [3.8, 4) is 5.75 Å². The van der Waals surface area contributed by atoms with Crippen molar-refractivity contribution < 1.29 is 42.6 Å². The van der Waals surface area contributed by atoms with Gasteiger partial charge < -0.3 is 40.0 Å². The molecule has 3 fully saturated rings. The van der Waals surface area contributed by atoms with Gasteiger partial charge in [0, 0.05) is 51.3 Å². The minimum absolute atomic E-state index is 0.0147. The Morgan fingerprint density at radius 1 is 0.938 bits per heavy atom. The van der Waals surface area contributed by atoms with E-state index in [1.54, 1.807) is 17.0 Å². The van der Waals surface area contributed by atoms with Gasteiger partial charge in [-0.3, -0.25) is 24.0 Å². The minimum atomic E-state index is -0.461. The fourth-order valence-corrected chi connectivity index (χ4v) is 5.62. The fraction of sp³-hybridized carbons (Fsp3) is 0.500. The SMILES string of the molecule is O=C(COc1ccccc1)NCC[C@H]1CN2CC[C@@H]1CC(=O)NCCOCCOCC(=O)N(CCNC(=O)c1ccc(F)cc1)CC2=O. The van der Waals surface area contributed by atoms with E-state index >= 15 is 0 Å². The van der Waals surface area contributed by atoms with Gasteiger partial charge in [0.1, 0.15) is 18.2 Å². The van der Waals surface area contributed by atoms with E-state index in [1.165, 1.54) is 29.2 Å². The van der Waals surface area contributed by atoms with Crippen LogP contribution in [0.2, 0.25) is 0 Å². The molecule has 5 rings (SSSR count). The van der Waals surface area contributed by atoms with E-state index in [1.807, 2.05) is 18.2 Å². The molecule has 0 unspecified atom stereocenters. The second-order valence-corrected chi connectivity index (χ2v) is 11.7. The number of carbonyl (C=O) groups is 5. The number of rotatable bonds is 10. The number of nitrogens with zero attached hydrogens (tertiary/aromatic N) is 2. The summed E-state index contributed by atoms with van der Waals surface area (Å²) in [5.74, 6) is -1.47. The normalized spacial score (nSPS) is 20.0. The Balaban J connectivity index is 1.37. The molecule has 14 heteroatoms. The Hall–Kier alpha value is -4.56. The number of halogens is 1. The highest BCUT2D eigenvalue weighted by Gasteiger charge is 2.33. The second-order valence-electron chi connectivity index (χ2n) is 11.7. The van der Waals surface area contributed by atoms with Gasteiger partial charge in [0.05, 0.1) is 26.4 Å². The Labute approximate surface area is 279 Å². The molecule has 0 saturated carbocycles. The molecule has 2 atom stereocenters. The van der Waals surface area contributed by atoms with Crippen molar-refractivity contribution in [1.29, 1.82) is 0 Å². The maximum atomic E-state index is 13.6. The molecule has 0 aliphatic carbocycles. The van der Waals surface area contributed by atoms with Crippen LogP contribution in [0.25, 0.3) is 0 Å². The molecule has 2 bridgehead atoms. The van der Waals surface area contributed by atoms with Crippen LogP contribution in [-0.2, 0) is 28.7 Å². The summed E-state index contributed by atoms with van der Waals surface area (Å²) in [6.45, 7) is 1.56. The van der Waals surface area contributed by atoms with Crippen LogP contribution in [0, 0.1) is 17.7 Å². The largest absolute Gasteiger partial charge is 0.484 e. The molecule has 2 aromatic rings. The van der Waals surface area contributed by atoms with Gasteiger partial charge in [-0.1, -0.05) is 18.2 Å². The van der Waals surface area contributed by atoms with Gasteiger partial charge in [-0.15, -0.1) is 0 Å². The van der Waals surface area contributed by atoms with Crippen LogP contribution in [0.4, 0.5) is 4.39 Å². The zero-order valence-electron chi connectivity index (χ0n) is 27.0. The number of para-hydroxylation sites is 1. The van der Waals surface area contributed by atoms with E-state index in [0.29, 0.717) is 44.8 Å². The molecule has 2 aromatic carbocycles. The van der Waals surface area contributed by atoms with E-state index in [2.05, 4.69) is 16.0 Å². The number of hydrogen-bond donors (Lipinski definition) is 3. The number of hydrogen-bond acceptors (Lipinski definition) is 8. The van der Waals surface area contributed by atoms with Gasteiger partial charge in [0.2, 0.25) is 17.7 Å². The topological polar surface area (TPSA) is 156 Å². The first-order valence-electron chi connectivity index (χ1n) is 16.2. The van der Waals surface area contributed by atoms with E-state index in [-0.39, 0.29) is 94.2 Å². The number of carbonyl (C=O) groups excluding carboxylic acids is 5. The van der Waals surface area contributed by atoms with E-state index in [0.717, 1.165) is 0 Å². The summed E-state index contributed by atoms with van der Waals surface area (Å²) in [7, 11) is 0. The monoisotopic (exact) mass is 669 g/mol. The van der Waals surface area contributed by atoms with Crippen LogP contribution < -0.4 is 20.7 Å². The molecule has 3 aliphatic rings. The van der Waals surface area contributed by atoms with Crippen molar-refractivity contribution in [2.24, 2.45) is 11.8 Å². The number of piperidine rings is 1.